The van der Waals surface area contributed by atoms with Gasteiger partial charge in [0.25, 0.3) is 0 Å². The predicted octanol–water partition coefficient (Wildman–Crippen LogP) is 6.58. The van der Waals surface area contributed by atoms with Crippen LogP contribution in [0.3, 0.4) is 0 Å². The molecule has 0 spiro atoms. The number of rotatable bonds is 15. The molecule has 0 unspecified atom stereocenters. The molecule has 0 aliphatic heterocycles. The molecular formula is C18H38O2. The van der Waals surface area contributed by atoms with Gasteiger partial charge < -0.3 is 5.11 Å². The molecule has 0 bridgehead atoms. The number of carboxylic acid groups (broad SMARTS) is 1. The molecule has 1 N–H and O–H groups in total. The van der Waals surface area contributed by atoms with Crippen LogP contribution in [0.15, 0.2) is 0 Å². The van der Waals surface area contributed by atoms with Crippen molar-refractivity contribution in [3.63, 3.8) is 0 Å². The highest BCUT2D eigenvalue weighted by atomic mass is 16.4. The van der Waals surface area contributed by atoms with Crippen LogP contribution in [0.1, 0.15) is 111 Å². The zero-order valence-corrected chi connectivity index (χ0v) is 13.0. The summed E-state index contributed by atoms with van der Waals surface area (Å²) in [6.45, 7) is 2.27. The van der Waals surface area contributed by atoms with E-state index in [4.69, 9.17) is 5.11 Å². The van der Waals surface area contributed by atoms with Crippen molar-refractivity contribution in [2.45, 2.75) is 111 Å². The van der Waals surface area contributed by atoms with Gasteiger partial charge in [-0.25, -0.2) is 0 Å². The summed E-state index contributed by atoms with van der Waals surface area (Å²) in [5.74, 6) is -0.654. The van der Waals surface area contributed by atoms with E-state index in [1.54, 1.807) is 0 Å². The summed E-state index contributed by atoms with van der Waals surface area (Å²) in [5.41, 5.74) is 0. The molecule has 0 aromatic rings. The Morgan fingerprint density at radius 3 is 1.25 bits per heavy atom. The predicted molar refractivity (Wildman–Crippen MR) is 89.3 cm³/mol. The molecule has 2 heteroatoms. The Labute approximate surface area is 127 Å². The molecule has 0 heterocycles. The van der Waals surface area contributed by atoms with E-state index in [9.17, 15) is 4.79 Å². The molecule has 0 aromatic carbocycles. The van der Waals surface area contributed by atoms with Crippen LogP contribution in [0.2, 0.25) is 0 Å². The van der Waals surface area contributed by atoms with E-state index in [-0.39, 0.29) is 7.43 Å². The Morgan fingerprint density at radius 2 is 0.950 bits per heavy atom. The molecule has 122 valence electrons. The average molecular weight is 286 g/mol. The topological polar surface area (TPSA) is 37.3 Å². The number of carbonyl (C=O) groups is 1. The summed E-state index contributed by atoms with van der Waals surface area (Å²) in [7, 11) is 0. The summed E-state index contributed by atoms with van der Waals surface area (Å²) in [5, 5.41) is 8.50. The van der Waals surface area contributed by atoms with Crippen LogP contribution in [-0.4, -0.2) is 11.1 Å². The standard InChI is InChI=1S/C17H34O2.CH4/c1-2-3-4-5-6-7-8-9-10-11-12-13-14-15-16-17(18)19;/h2-16H2,1H3,(H,18,19);1H4. The quantitative estimate of drug-likeness (QED) is 0.345. The van der Waals surface area contributed by atoms with E-state index in [0.717, 1.165) is 12.8 Å². The van der Waals surface area contributed by atoms with Crippen molar-refractivity contribution >= 4 is 5.97 Å². The number of hydrogen-bond acceptors (Lipinski definition) is 1. The maximum absolute atomic E-state index is 10.3. The van der Waals surface area contributed by atoms with Crippen molar-refractivity contribution in [2.75, 3.05) is 0 Å². The molecule has 0 aliphatic rings. The highest BCUT2D eigenvalue weighted by Gasteiger charge is 1.96. The number of carboxylic acids is 1. The van der Waals surface area contributed by atoms with Gasteiger partial charge in [0, 0.05) is 6.42 Å². The molecule has 2 nitrogen and oxygen atoms in total. The van der Waals surface area contributed by atoms with Crippen molar-refractivity contribution in [1.29, 1.82) is 0 Å². The maximum Gasteiger partial charge on any atom is 0.303 e. The van der Waals surface area contributed by atoms with E-state index in [0.29, 0.717) is 6.42 Å². The first-order valence-electron chi connectivity index (χ1n) is 8.49. The fourth-order valence-corrected chi connectivity index (χ4v) is 2.47. The second kappa shape index (κ2) is 18.5. The van der Waals surface area contributed by atoms with Gasteiger partial charge in [-0.1, -0.05) is 97.8 Å². The normalized spacial score (nSPS) is 10.2. The third-order valence-electron chi connectivity index (χ3n) is 3.74. The Hall–Kier alpha value is -0.530. The third kappa shape index (κ3) is 19.8. The molecule has 0 fully saturated rings. The number of aliphatic carboxylic acids is 1. The molecule has 0 aromatic heterocycles. The first kappa shape index (κ1) is 21.8. The molecule has 0 amide bonds. The van der Waals surface area contributed by atoms with Crippen LogP contribution in [0, 0.1) is 0 Å². The van der Waals surface area contributed by atoms with Crippen molar-refractivity contribution in [2.24, 2.45) is 0 Å². The molecule has 0 rings (SSSR count). The van der Waals surface area contributed by atoms with Crippen molar-refractivity contribution < 1.29 is 9.90 Å². The second-order valence-electron chi connectivity index (χ2n) is 5.74. The molecular weight excluding hydrogens is 248 g/mol. The van der Waals surface area contributed by atoms with Gasteiger partial charge in [-0.15, -0.1) is 0 Å². The van der Waals surface area contributed by atoms with Crippen LogP contribution in [-0.2, 0) is 4.79 Å². The first-order chi connectivity index (χ1) is 9.27. The van der Waals surface area contributed by atoms with E-state index < -0.39 is 5.97 Å². The molecule has 0 aliphatic carbocycles. The molecule has 0 saturated heterocycles. The van der Waals surface area contributed by atoms with Crippen molar-refractivity contribution in [1.82, 2.24) is 0 Å². The second-order valence-corrected chi connectivity index (χ2v) is 5.74. The SMILES string of the molecule is C.CCCCCCCCCCCCCCCCC(=O)O. The van der Waals surface area contributed by atoms with Crippen molar-refractivity contribution in [3.05, 3.63) is 0 Å². The van der Waals surface area contributed by atoms with E-state index in [1.807, 2.05) is 0 Å². The summed E-state index contributed by atoms with van der Waals surface area (Å²) >= 11 is 0. The summed E-state index contributed by atoms with van der Waals surface area (Å²) in [6.07, 6.45) is 18.7. The lowest BCUT2D eigenvalue weighted by atomic mass is 10.0. The van der Waals surface area contributed by atoms with Crippen LogP contribution in [0.25, 0.3) is 0 Å². The van der Waals surface area contributed by atoms with Gasteiger partial charge in [-0.2, -0.15) is 0 Å². The Balaban J connectivity index is 0. The van der Waals surface area contributed by atoms with Gasteiger partial charge in [-0.3, -0.25) is 4.79 Å². The molecule has 0 atom stereocenters. The van der Waals surface area contributed by atoms with Crippen LogP contribution in [0.4, 0.5) is 0 Å². The minimum absolute atomic E-state index is 0. The van der Waals surface area contributed by atoms with Crippen LogP contribution < -0.4 is 0 Å². The fourth-order valence-electron chi connectivity index (χ4n) is 2.47. The lowest BCUT2D eigenvalue weighted by Crippen LogP contribution is -1.93. The highest BCUT2D eigenvalue weighted by Crippen LogP contribution is 2.13. The average Bonchev–Trinajstić information content (AvgIpc) is 2.39. The van der Waals surface area contributed by atoms with Crippen LogP contribution >= 0.6 is 0 Å². The highest BCUT2D eigenvalue weighted by molar-refractivity contribution is 5.66. The Morgan fingerprint density at radius 1 is 0.650 bits per heavy atom. The monoisotopic (exact) mass is 286 g/mol. The number of hydrogen-bond donors (Lipinski definition) is 1. The summed E-state index contributed by atoms with van der Waals surface area (Å²) in [6, 6.07) is 0. The Kier molecular flexibility index (Phi) is 20.1. The van der Waals surface area contributed by atoms with E-state index in [1.165, 1.54) is 77.0 Å². The fraction of sp³-hybridized carbons (Fsp3) is 0.944. The Bertz CT molecular complexity index is 190. The first-order valence-corrected chi connectivity index (χ1v) is 8.49. The number of unbranched alkanes of at least 4 members (excludes halogenated alkanes) is 13. The maximum atomic E-state index is 10.3. The zero-order valence-electron chi connectivity index (χ0n) is 13.0. The van der Waals surface area contributed by atoms with E-state index >= 15 is 0 Å². The summed E-state index contributed by atoms with van der Waals surface area (Å²) in [4.78, 5) is 10.3. The summed E-state index contributed by atoms with van der Waals surface area (Å²) < 4.78 is 0. The van der Waals surface area contributed by atoms with Crippen molar-refractivity contribution in [3.8, 4) is 0 Å². The van der Waals surface area contributed by atoms with E-state index in [2.05, 4.69) is 6.92 Å². The zero-order chi connectivity index (χ0) is 14.2. The van der Waals surface area contributed by atoms with Gasteiger partial charge in [0.1, 0.15) is 0 Å². The van der Waals surface area contributed by atoms with Gasteiger partial charge >= 0.3 is 5.97 Å². The van der Waals surface area contributed by atoms with Gasteiger partial charge in [-0.05, 0) is 6.42 Å². The molecule has 0 saturated carbocycles. The lowest BCUT2D eigenvalue weighted by Gasteiger charge is -2.02. The minimum atomic E-state index is -0.654. The third-order valence-corrected chi connectivity index (χ3v) is 3.74. The van der Waals surface area contributed by atoms with Gasteiger partial charge in [0.15, 0.2) is 0 Å². The van der Waals surface area contributed by atoms with Gasteiger partial charge in [0.2, 0.25) is 0 Å². The minimum Gasteiger partial charge on any atom is -0.481 e. The largest absolute Gasteiger partial charge is 0.481 e. The smallest absolute Gasteiger partial charge is 0.303 e. The lowest BCUT2D eigenvalue weighted by molar-refractivity contribution is -0.137. The molecule has 20 heavy (non-hydrogen) atoms. The van der Waals surface area contributed by atoms with Gasteiger partial charge in [0.05, 0.1) is 0 Å². The molecule has 0 radical (unpaired) electrons. The van der Waals surface area contributed by atoms with Crippen LogP contribution in [0.5, 0.6) is 0 Å².